The molecule has 2 aliphatic heterocycles. The zero-order valence-corrected chi connectivity index (χ0v) is 28.5. The summed E-state index contributed by atoms with van der Waals surface area (Å²) in [6.45, 7) is 14.3. The Morgan fingerprint density at radius 1 is 1.05 bits per heavy atom. The van der Waals surface area contributed by atoms with Gasteiger partial charge in [-0.05, 0) is 72.1 Å². The normalized spacial score (nSPS) is 31.0. The molecular formula is C31H54N4O7S. The molecule has 0 aliphatic carbocycles. The molecule has 2 aliphatic rings. The number of carbonyl (C=O) groups excluding carboxylic acids is 4. The predicted molar refractivity (Wildman–Crippen MR) is 169 cm³/mol. The van der Waals surface area contributed by atoms with Crippen molar-refractivity contribution in [3.05, 3.63) is 0 Å². The van der Waals surface area contributed by atoms with Crippen molar-refractivity contribution < 1.29 is 33.8 Å². The number of likely N-dealkylation sites (N-methyl/N-ethyl adjacent to an activating group) is 1. The van der Waals surface area contributed by atoms with Crippen molar-refractivity contribution in [2.45, 2.75) is 123 Å². The van der Waals surface area contributed by atoms with Crippen LogP contribution in [-0.4, -0.2) is 101 Å². The van der Waals surface area contributed by atoms with Crippen molar-refractivity contribution in [1.29, 1.82) is 0 Å². The fourth-order valence-corrected chi connectivity index (χ4v) is 7.16. The van der Waals surface area contributed by atoms with Gasteiger partial charge in [0.1, 0.15) is 23.7 Å². The molecule has 3 N–H and O–H groups in total. The quantitative estimate of drug-likeness (QED) is 0.314. The number of nitrogens with zero attached hydrogens (tertiary/aromatic N) is 2. The lowest BCUT2D eigenvalue weighted by Gasteiger charge is -2.38. The number of hydrogen-bond donors (Lipinski definition) is 3. The van der Waals surface area contributed by atoms with E-state index in [2.05, 4.69) is 17.6 Å². The number of thioether (sulfide) groups is 1. The van der Waals surface area contributed by atoms with Crippen molar-refractivity contribution in [1.82, 2.24) is 15.5 Å². The molecule has 246 valence electrons. The van der Waals surface area contributed by atoms with Gasteiger partial charge in [0.25, 0.3) is 5.91 Å². The molecule has 0 aromatic rings. The molecule has 0 radical (unpaired) electrons. The van der Waals surface area contributed by atoms with Crippen LogP contribution >= 0.6 is 11.8 Å². The molecule has 0 spiro atoms. The Labute approximate surface area is 261 Å². The van der Waals surface area contributed by atoms with Gasteiger partial charge in [0.15, 0.2) is 0 Å². The molecule has 8 atom stereocenters. The van der Waals surface area contributed by atoms with Crippen molar-refractivity contribution >= 4 is 40.5 Å². The molecule has 0 saturated heterocycles. The number of esters is 1. The molecule has 0 aromatic heterocycles. The highest BCUT2D eigenvalue weighted by Gasteiger charge is 2.47. The maximum Gasteiger partial charge on any atom is 0.328 e. The molecule has 1 unspecified atom stereocenters. The number of hydrogen-bond acceptors (Lipinski definition) is 9. The fraction of sp³-hybridized carbons (Fsp3) is 0.839. The summed E-state index contributed by atoms with van der Waals surface area (Å²) >= 11 is 1.40. The van der Waals surface area contributed by atoms with Gasteiger partial charge in [-0.15, -0.1) is 11.8 Å². The van der Waals surface area contributed by atoms with Gasteiger partial charge in [-0.1, -0.05) is 27.2 Å². The third-order valence-electron chi connectivity index (χ3n) is 8.82. The summed E-state index contributed by atoms with van der Waals surface area (Å²) in [5.41, 5.74) is -2.27. The summed E-state index contributed by atoms with van der Waals surface area (Å²) in [7, 11) is 3.24. The number of methoxy groups -OCH3 is 1. The van der Waals surface area contributed by atoms with Gasteiger partial charge in [0.2, 0.25) is 11.8 Å². The molecule has 12 heteroatoms. The minimum absolute atomic E-state index is 0.0637. The van der Waals surface area contributed by atoms with Crippen molar-refractivity contribution in [2.24, 2.45) is 22.2 Å². The molecule has 11 nitrogen and oxygen atoms in total. The van der Waals surface area contributed by atoms with Gasteiger partial charge in [-0.3, -0.25) is 19.4 Å². The Balaban J connectivity index is 2.54. The van der Waals surface area contributed by atoms with E-state index in [9.17, 15) is 24.3 Å². The summed E-state index contributed by atoms with van der Waals surface area (Å²) in [5, 5.41) is 16.0. The van der Waals surface area contributed by atoms with Crippen LogP contribution in [0.25, 0.3) is 0 Å². The summed E-state index contributed by atoms with van der Waals surface area (Å²) in [6, 6.07) is -2.48. The lowest BCUT2D eigenvalue weighted by Crippen LogP contribution is -2.58. The van der Waals surface area contributed by atoms with Crippen LogP contribution in [0.5, 0.6) is 0 Å². The molecule has 2 rings (SSSR count). The zero-order chi connectivity index (χ0) is 32.7. The van der Waals surface area contributed by atoms with Gasteiger partial charge in [-0.25, -0.2) is 4.79 Å². The number of cyclic esters (lactones) is 1. The van der Waals surface area contributed by atoms with Crippen LogP contribution in [0, 0.1) is 17.3 Å². The topological polar surface area (TPSA) is 147 Å². The average Bonchev–Trinajstić information content (AvgIpc) is 3.35. The van der Waals surface area contributed by atoms with Crippen LogP contribution in [0.4, 0.5) is 0 Å². The van der Waals surface area contributed by atoms with Crippen LogP contribution in [0.1, 0.15) is 87.5 Å². The van der Waals surface area contributed by atoms with Crippen LogP contribution in [0.3, 0.4) is 0 Å². The monoisotopic (exact) mass is 626 g/mol. The van der Waals surface area contributed by atoms with E-state index in [1.165, 1.54) is 23.6 Å². The zero-order valence-electron chi connectivity index (χ0n) is 27.7. The SMILES string of the molecule is CCC[C@@H](CC[C@@H](C)[C@@H]1OC(=O)[C@H](C)NC(=O)C([C@@H](C)CCO)N(C)C(=O)[C@]2(C)CSC(=N2)[C@@H](C)NC(=O)C1(C)C)OC. The summed E-state index contributed by atoms with van der Waals surface area (Å²) in [6.07, 6.45) is 2.85. The van der Waals surface area contributed by atoms with Crippen molar-refractivity contribution in [3.8, 4) is 0 Å². The maximum absolute atomic E-state index is 13.8. The number of nitrogens with one attached hydrogen (secondary N) is 2. The van der Waals surface area contributed by atoms with E-state index in [1.54, 1.807) is 41.9 Å². The predicted octanol–water partition coefficient (Wildman–Crippen LogP) is 2.93. The Morgan fingerprint density at radius 2 is 1.70 bits per heavy atom. The molecular weight excluding hydrogens is 572 g/mol. The summed E-state index contributed by atoms with van der Waals surface area (Å²) in [4.78, 5) is 60.8. The highest BCUT2D eigenvalue weighted by atomic mass is 32.2. The van der Waals surface area contributed by atoms with E-state index in [0.717, 1.165) is 19.3 Å². The second-order valence-corrected chi connectivity index (χ2v) is 14.1. The summed E-state index contributed by atoms with van der Waals surface area (Å²) < 4.78 is 11.7. The Hall–Kier alpha value is -2.18. The van der Waals surface area contributed by atoms with Gasteiger partial charge < -0.3 is 30.1 Å². The number of aliphatic hydroxyl groups excluding tert-OH is 1. The Bertz CT molecular complexity index is 1040. The maximum atomic E-state index is 13.8. The van der Waals surface area contributed by atoms with Crippen LogP contribution in [-0.2, 0) is 28.7 Å². The lowest BCUT2D eigenvalue weighted by atomic mass is 9.77. The fourth-order valence-electron chi connectivity index (χ4n) is 5.97. The number of fused-ring (bicyclic) bond motifs is 1. The molecule has 2 heterocycles. The molecule has 3 amide bonds. The van der Waals surface area contributed by atoms with E-state index < -0.39 is 53.0 Å². The number of rotatable bonds is 10. The molecule has 0 aromatic carbocycles. The highest BCUT2D eigenvalue weighted by Crippen LogP contribution is 2.35. The van der Waals surface area contributed by atoms with Gasteiger partial charge in [0, 0.05) is 26.5 Å². The van der Waals surface area contributed by atoms with Crippen LogP contribution < -0.4 is 10.6 Å². The largest absolute Gasteiger partial charge is 0.459 e. The number of amides is 3. The third-order valence-corrected chi connectivity index (χ3v) is 10.3. The second kappa shape index (κ2) is 15.7. The number of carbonyl (C=O) groups is 4. The molecule has 0 fully saturated rings. The molecule has 2 bridgehead atoms. The standard InChI is InChI=1S/C31H54N4O7S/c1-11-12-22(41-10)14-13-19(3)24-30(6,7)28(39)33-20(4)26-34-31(8,17-43-26)29(40)35(9)23(18(2)15-16-36)25(37)32-21(5)27(38)42-24/h18-24,36H,11-17H2,1-10H3,(H,32,37)(H,33,39)/t18-,19+,20+,21-,22-,23?,24-,31-/m0/s1. The van der Waals surface area contributed by atoms with Crippen LogP contribution in [0.2, 0.25) is 0 Å². The first-order chi connectivity index (χ1) is 20.0. The molecule has 43 heavy (non-hydrogen) atoms. The van der Waals surface area contributed by atoms with E-state index in [-0.39, 0.29) is 36.9 Å². The minimum atomic E-state index is -1.14. The number of aliphatic imine (C=N–C) groups is 1. The average molecular weight is 627 g/mol. The van der Waals surface area contributed by atoms with E-state index in [0.29, 0.717) is 17.2 Å². The van der Waals surface area contributed by atoms with E-state index in [4.69, 9.17) is 14.5 Å². The van der Waals surface area contributed by atoms with Crippen molar-refractivity contribution in [2.75, 3.05) is 26.5 Å². The van der Waals surface area contributed by atoms with Gasteiger partial charge >= 0.3 is 5.97 Å². The van der Waals surface area contributed by atoms with Crippen molar-refractivity contribution in [3.63, 3.8) is 0 Å². The van der Waals surface area contributed by atoms with E-state index in [1.807, 2.05) is 13.8 Å². The smallest absolute Gasteiger partial charge is 0.328 e. The lowest BCUT2D eigenvalue weighted by molar-refractivity contribution is -0.167. The molecule has 0 saturated carbocycles. The Morgan fingerprint density at radius 3 is 2.28 bits per heavy atom. The second-order valence-electron chi connectivity index (χ2n) is 13.1. The highest BCUT2D eigenvalue weighted by molar-refractivity contribution is 8.14. The third kappa shape index (κ3) is 8.94. The number of aliphatic hydroxyl groups is 1. The summed E-state index contributed by atoms with van der Waals surface area (Å²) in [5.74, 6) is -2.09. The van der Waals surface area contributed by atoms with E-state index >= 15 is 0 Å². The van der Waals surface area contributed by atoms with Gasteiger partial charge in [0.05, 0.1) is 22.6 Å². The van der Waals surface area contributed by atoms with Crippen LogP contribution in [0.15, 0.2) is 4.99 Å². The first kappa shape index (κ1) is 37.0. The first-order valence-corrected chi connectivity index (χ1v) is 16.5. The van der Waals surface area contributed by atoms with Gasteiger partial charge in [-0.2, -0.15) is 0 Å². The first-order valence-electron chi connectivity index (χ1n) is 15.5. The Kier molecular flexibility index (Phi) is 13.5. The number of ether oxygens (including phenoxy) is 2. The minimum Gasteiger partial charge on any atom is -0.459 e.